The number of nitrogens with zero attached hydrogens (tertiary/aromatic N) is 2. The minimum Gasteiger partial charge on any atom is -0.456 e. The van der Waals surface area contributed by atoms with Crippen molar-refractivity contribution in [3.8, 4) is 11.1 Å². The summed E-state index contributed by atoms with van der Waals surface area (Å²) < 4.78 is 33.3. The monoisotopic (exact) mass is 469 g/mol. The second-order valence-electron chi connectivity index (χ2n) is 7.60. The molecule has 0 atom stereocenters. The van der Waals surface area contributed by atoms with Gasteiger partial charge in [0.1, 0.15) is 11.3 Å². The largest absolute Gasteiger partial charge is 0.456 e. The Balaban J connectivity index is 1.47. The van der Waals surface area contributed by atoms with Crippen molar-refractivity contribution in [1.82, 2.24) is 14.6 Å². The summed E-state index contributed by atoms with van der Waals surface area (Å²) in [5.41, 5.74) is 2.03. The number of rotatable bonds is 4. The van der Waals surface area contributed by atoms with E-state index in [1.54, 1.807) is 47.0 Å². The number of aromatic nitrogens is 1. The maximum Gasteiger partial charge on any atom is 0.290 e. The maximum absolute atomic E-state index is 12.9. The molecule has 0 unspecified atom stereocenters. The molecule has 32 heavy (non-hydrogen) atoms. The van der Waals surface area contributed by atoms with Crippen molar-refractivity contribution in [2.45, 2.75) is 24.2 Å². The highest BCUT2D eigenvalue weighted by atomic mass is 32.2. The van der Waals surface area contributed by atoms with Gasteiger partial charge in [-0.2, -0.15) is 4.31 Å². The third kappa shape index (κ3) is 3.85. The van der Waals surface area contributed by atoms with Crippen LogP contribution in [-0.4, -0.2) is 41.9 Å². The molecule has 1 aromatic carbocycles. The Kier molecular flexibility index (Phi) is 5.36. The molecule has 2 saturated heterocycles. The van der Waals surface area contributed by atoms with Crippen LogP contribution < -0.4 is 5.32 Å². The quantitative estimate of drug-likeness (QED) is 0.575. The molecule has 2 aliphatic rings. The van der Waals surface area contributed by atoms with Crippen molar-refractivity contribution in [2.24, 2.45) is 0 Å². The molecular formula is C22H19N3O5S2. The third-order valence-electron chi connectivity index (χ3n) is 5.48. The summed E-state index contributed by atoms with van der Waals surface area (Å²) >= 11 is 0.820. The molecule has 2 aliphatic heterocycles. The van der Waals surface area contributed by atoms with Gasteiger partial charge >= 0.3 is 0 Å². The number of furan rings is 1. The van der Waals surface area contributed by atoms with Crippen LogP contribution in [0.2, 0.25) is 0 Å². The van der Waals surface area contributed by atoms with E-state index in [1.165, 1.54) is 6.08 Å². The minimum absolute atomic E-state index is 0.260. The van der Waals surface area contributed by atoms with Gasteiger partial charge in [0.2, 0.25) is 10.0 Å². The summed E-state index contributed by atoms with van der Waals surface area (Å²) in [5, 5.41) is 2.52. The van der Waals surface area contributed by atoms with Gasteiger partial charge in [-0.05, 0) is 48.4 Å². The van der Waals surface area contributed by atoms with Gasteiger partial charge in [0.15, 0.2) is 0 Å². The average molecular weight is 470 g/mol. The van der Waals surface area contributed by atoms with Gasteiger partial charge in [-0.1, -0.05) is 18.6 Å². The van der Waals surface area contributed by atoms with Crippen molar-refractivity contribution in [1.29, 1.82) is 0 Å². The van der Waals surface area contributed by atoms with Crippen molar-refractivity contribution in [3.63, 3.8) is 0 Å². The van der Waals surface area contributed by atoms with Gasteiger partial charge in [-0.15, -0.1) is 0 Å². The highest BCUT2D eigenvalue weighted by Gasteiger charge is 2.27. The first-order valence-corrected chi connectivity index (χ1v) is 12.4. The van der Waals surface area contributed by atoms with Crippen molar-refractivity contribution < 1.29 is 22.4 Å². The third-order valence-corrected chi connectivity index (χ3v) is 8.20. The molecular weight excluding hydrogens is 450 g/mol. The molecule has 0 radical (unpaired) electrons. The second-order valence-corrected chi connectivity index (χ2v) is 10.5. The van der Waals surface area contributed by atoms with E-state index in [4.69, 9.17) is 4.42 Å². The molecule has 2 aromatic heterocycles. The van der Waals surface area contributed by atoms with E-state index in [-0.39, 0.29) is 9.80 Å². The normalized spacial score (nSPS) is 19.1. The molecule has 2 amide bonds. The van der Waals surface area contributed by atoms with Crippen LogP contribution in [0.3, 0.4) is 0 Å². The number of benzene rings is 1. The van der Waals surface area contributed by atoms with E-state index in [2.05, 4.69) is 10.3 Å². The zero-order valence-corrected chi connectivity index (χ0v) is 18.5. The predicted molar refractivity (Wildman–Crippen MR) is 121 cm³/mol. The van der Waals surface area contributed by atoms with E-state index < -0.39 is 21.2 Å². The molecule has 0 saturated carbocycles. The molecule has 5 rings (SSSR count). The number of piperidine rings is 1. The number of pyridine rings is 1. The van der Waals surface area contributed by atoms with E-state index in [1.807, 2.05) is 0 Å². The van der Waals surface area contributed by atoms with Gasteiger partial charge in [0.25, 0.3) is 11.1 Å². The predicted octanol–water partition coefficient (Wildman–Crippen LogP) is 3.99. The van der Waals surface area contributed by atoms with Gasteiger partial charge < -0.3 is 4.42 Å². The average Bonchev–Trinajstić information content (AvgIpc) is 3.35. The Morgan fingerprint density at radius 1 is 1.06 bits per heavy atom. The highest BCUT2D eigenvalue weighted by molar-refractivity contribution is 8.18. The number of nitrogens with one attached hydrogen (secondary N) is 1. The van der Waals surface area contributed by atoms with Crippen molar-refractivity contribution in [2.75, 3.05) is 13.1 Å². The summed E-state index contributed by atoms with van der Waals surface area (Å²) in [4.78, 5) is 27.9. The standard InChI is InChI=1S/C22H19N3O5S2/c26-21-19(31-22(27)24-21)11-16-10-15-12-23-13-18(20(15)30-16)14-4-6-17(7-5-14)32(28,29)25-8-2-1-3-9-25/h4-7,10-13H,1-3,8-9H2,(H,24,26,27)/b19-11-. The lowest BCUT2D eigenvalue weighted by molar-refractivity contribution is -0.115. The fourth-order valence-corrected chi connectivity index (χ4v) is 6.05. The van der Waals surface area contributed by atoms with Gasteiger partial charge in [0, 0.05) is 42.5 Å². The number of hydrogen-bond donors (Lipinski definition) is 1. The van der Waals surface area contributed by atoms with E-state index in [9.17, 15) is 18.0 Å². The zero-order valence-electron chi connectivity index (χ0n) is 16.9. The molecule has 3 aromatic rings. The molecule has 1 N–H and O–H groups in total. The maximum atomic E-state index is 12.9. The Morgan fingerprint density at radius 2 is 1.81 bits per heavy atom. The lowest BCUT2D eigenvalue weighted by Crippen LogP contribution is -2.35. The fraction of sp³-hybridized carbons (Fsp3) is 0.227. The summed E-state index contributed by atoms with van der Waals surface area (Å²) in [7, 11) is -3.50. The fourth-order valence-electron chi connectivity index (χ4n) is 3.87. The smallest absolute Gasteiger partial charge is 0.290 e. The first-order valence-electron chi connectivity index (χ1n) is 10.1. The Morgan fingerprint density at radius 3 is 2.50 bits per heavy atom. The molecule has 164 valence electrons. The van der Waals surface area contributed by atoms with E-state index >= 15 is 0 Å². The first-order chi connectivity index (χ1) is 15.4. The van der Waals surface area contributed by atoms with Crippen LogP contribution in [0.25, 0.3) is 28.2 Å². The van der Waals surface area contributed by atoms with Crippen LogP contribution in [0.1, 0.15) is 25.0 Å². The number of imide groups is 1. The second kappa shape index (κ2) is 8.19. The van der Waals surface area contributed by atoms with Gasteiger partial charge in [0.05, 0.1) is 9.80 Å². The van der Waals surface area contributed by atoms with Crippen LogP contribution in [0.5, 0.6) is 0 Å². The highest BCUT2D eigenvalue weighted by Crippen LogP contribution is 2.33. The molecule has 0 spiro atoms. The Hall–Kier alpha value is -2.95. The van der Waals surface area contributed by atoms with Crippen LogP contribution in [-0.2, 0) is 14.8 Å². The molecule has 4 heterocycles. The van der Waals surface area contributed by atoms with E-state index in [0.29, 0.717) is 30.0 Å². The van der Waals surface area contributed by atoms with Gasteiger partial charge in [-0.25, -0.2) is 8.42 Å². The minimum atomic E-state index is -3.50. The number of thioether (sulfide) groups is 1. The van der Waals surface area contributed by atoms with Gasteiger partial charge in [-0.3, -0.25) is 19.9 Å². The Bertz CT molecular complexity index is 1350. The lowest BCUT2D eigenvalue weighted by Gasteiger charge is -2.25. The van der Waals surface area contributed by atoms with Crippen molar-refractivity contribution >= 4 is 50.0 Å². The van der Waals surface area contributed by atoms with Crippen LogP contribution >= 0.6 is 11.8 Å². The number of carbonyl (C=O) groups excluding carboxylic acids is 2. The molecule has 0 bridgehead atoms. The molecule has 10 heteroatoms. The summed E-state index contributed by atoms with van der Waals surface area (Å²) in [5.74, 6) is -0.0322. The molecule has 2 fully saturated rings. The number of sulfonamides is 1. The van der Waals surface area contributed by atoms with Crippen LogP contribution in [0, 0.1) is 0 Å². The number of fused-ring (bicyclic) bond motifs is 1. The molecule has 8 nitrogen and oxygen atoms in total. The zero-order chi connectivity index (χ0) is 22.3. The topological polar surface area (TPSA) is 110 Å². The lowest BCUT2D eigenvalue weighted by atomic mass is 10.1. The number of hydrogen-bond acceptors (Lipinski definition) is 7. The summed E-state index contributed by atoms with van der Waals surface area (Å²) in [6.45, 7) is 1.11. The van der Waals surface area contributed by atoms with E-state index in [0.717, 1.165) is 42.0 Å². The number of carbonyl (C=O) groups is 2. The summed E-state index contributed by atoms with van der Waals surface area (Å²) in [6, 6.07) is 8.44. The number of amides is 2. The SMILES string of the molecule is O=C1NC(=O)/C(=C/c2cc3cncc(-c4ccc(S(=O)(=O)N5CCCCC5)cc4)c3o2)S1. The Labute approximate surface area is 188 Å². The first kappa shape index (κ1) is 20.9. The molecule has 0 aliphatic carbocycles. The van der Waals surface area contributed by atoms with Crippen molar-refractivity contribution in [3.05, 3.63) is 53.4 Å². The van der Waals surface area contributed by atoms with Crippen LogP contribution in [0.15, 0.2) is 56.9 Å². The van der Waals surface area contributed by atoms with Crippen LogP contribution in [0.4, 0.5) is 4.79 Å². The summed E-state index contributed by atoms with van der Waals surface area (Å²) in [6.07, 6.45) is 7.64.